The smallest absolute Gasteiger partial charge is 0.273 e. The molecule has 8 nitrogen and oxygen atoms in total. The highest BCUT2D eigenvalue weighted by Gasteiger charge is 2.48. The highest BCUT2D eigenvalue weighted by atomic mass is 16.2. The number of nitrogens with one attached hydrogen (secondary N) is 2. The van der Waals surface area contributed by atoms with Crippen LogP contribution in [0.5, 0.6) is 0 Å². The first kappa shape index (κ1) is 22.0. The molecule has 0 saturated heterocycles. The minimum atomic E-state index is -1.05. The van der Waals surface area contributed by atoms with Crippen molar-refractivity contribution in [2.45, 2.75) is 70.6 Å². The Labute approximate surface area is 188 Å². The van der Waals surface area contributed by atoms with Crippen LogP contribution in [0.2, 0.25) is 0 Å². The van der Waals surface area contributed by atoms with E-state index in [9.17, 15) is 14.4 Å². The first-order valence-electron chi connectivity index (χ1n) is 11.5. The van der Waals surface area contributed by atoms with Gasteiger partial charge < -0.3 is 15.5 Å². The van der Waals surface area contributed by atoms with E-state index in [0.717, 1.165) is 37.7 Å². The number of carbonyl (C=O) groups excluding carboxylic acids is 3. The molecule has 2 aliphatic rings. The molecule has 1 aromatic carbocycles. The molecule has 170 valence electrons. The molecule has 32 heavy (non-hydrogen) atoms. The number of hydrogen-bond acceptors (Lipinski definition) is 4. The van der Waals surface area contributed by atoms with Gasteiger partial charge in [-0.15, -0.1) is 0 Å². The second kappa shape index (κ2) is 9.14. The molecule has 2 heterocycles. The summed E-state index contributed by atoms with van der Waals surface area (Å²) in [5.41, 5.74) is 0.453. The first-order chi connectivity index (χ1) is 15.4. The number of aromatic nitrogens is 2. The molecule has 4 rings (SSSR count). The van der Waals surface area contributed by atoms with Gasteiger partial charge in [0.15, 0.2) is 5.69 Å². The van der Waals surface area contributed by atoms with Crippen LogP contribution in [0.25, 0.3) is 0 Å². The Bertz CT molecular complexity index is 996. The molecule has 1 saturated carbocycles. The summed E-state index contributed by atoms with van der Waals surface area (Å²) in [4.78, 5) is 40.9. The molecule has 1 aromatic heterocycles. The average molecular weight is 438 g/mol. The van der Waals surface area contributed by atoms with Crippen molar-refractivity contribution in [3.63, 3.8) is 0 Å². The lowest BCUT2D eigenvalue weighted by molar-refractivity contribution is -0.133. The van der Waals surface area contributed by atoms with Gasteiger partial charge in [-0.2, -0.15) is 5.10 Å². The van der Waals surface area contributed by atoms with Crippen molar-refractivity contribution < 1.29 is 14.4 Å². The molecular formula is C24H31N5O3. The lowest BCUT2D eigenvalue weighted by Crippen LogP contribution is -2.65. The van der Waals surface area contributed by atoms with Crippen LogP contribution >= 0.6 is 0 Å². The van der Waals surface area contributed by atoms with Crippen molar-refractivity contribution in [2.75, 3.05) is 6.54 Å². The van der Waals surface area contributed by atoms with Crippen LogP contribution in [0.1, 0.15) is 72.5 Å². The van der Waals surface area contributed by atoms with Crippen molar-refractivity contribution in [1.82, 2.24) is 25.3 Å². The van der Waals surface area contributed by atoms with Gasteiger partial charge >= 0.3 is 0 Å². The van der Waals surface area contributed by atoms with Gasteiger partial charge in [0.2, 0.25) is 5.91 Å². The molecule has 0 radical (unpaired) electrons. The van der Waals surface area contributed by atoms with Gasteiger partial charge in [0.05, 0.1) is 6.54 Å². The third-order valence-corrected chi connectivity index (χ3v) is 6.45. The van der Waals surface area contributed by atoms with Crippen LogP contribution in [-0.2, 0) is 17.9 Å². The van der Waals surface area contributed by atoms with E-state index in [1.54, 1.807) is 11.8 Å². The second-order valence-electron chi connectivity index (χ2n) is 8.93. The van der Waals surface area contributed by atoms with Crippen LogP contribution in [-0.4, -0.2) is 50.5 Å². The van der Waals surface area contributed by atoms with Gasteiger partial charge in [0.1, 0.15) is 11.2 Å². The Morgan fingerprint density at radius 1 is 1.19 bits per heavy atom. The van der Waals surface area contributed by atoms with E-state index in [0.29, 0.717) is 18.8 Å². The summed E-state index contributed by atoms with van der Waals surface area (Å²) in [6.45, 7) is 4.84. The largest absolute Gasteiger partial charge is 0.351 e. The van der Waals surface area contributed by atoms with E-state index in [1.165, 1.54) is 10.7 Å². The molecule has 0 spiro atoms. The predicted octanol–water partition coefficient (Wildman–Crippen LogP) is 2.50. The predicted molar refractivity (Wildman–Crippen MR) is 120 cm³/mol. The van der Waals surface area contributed by atoms with Crippen LogP contribution in [0.15, 0.2) is 36.4 Å². The van der Waals surface area contributed by atoms with Crippen molar-refractivity contribution in [3.05, 3.63) is 53.3 Å². The van der Waals surface area contributed by atoms with Crippen LogP contribution in [0.4, 0.5) is 0 Å². The number of carbonyl (C=O) groups is 3. The summed E-state index contributed by atoms with van der Waals surface area (Å²) in [5, 5.41) is 10.4. The molecule has 8 heteroatoms. The molecule has 1 aliphatic carbocycles. The van der Waals surface area contributed by atoms with Crippen molar-refractivity contribution in [2.24, 2.45) is 0 Å². The Morgan fingerprint density at radius 3 is 2.59 bits per heavy atom. The second-order valence-corrected chi connectivity index (χ2v) is 8.93. The zero-order valence-corrected chi connectivity index (χ0v) is 18.8. The Morgan fingerprint density at radius 2 is 1.91 bits per heavy atom. The van der Waals surface area contributed by atoms with E-state index in [-0.39, 0.29) is 36.0 Å². The zero-order chi connectivity index (χ0) is 22.7. The van der Waals surface area contributed by atoms with E-state index < -0.39 is 5.54 Å². The minimum absolute atomic E-state index is 0.151. The summed E-state index contributed by atoms with van der Waals surface area (Å²) >= 11 is 0. The highest BCUT2D eigenvalue weighted by Crippen LogP contribution is 2.29. The van der Waals surface area contributed by atoms with Crippen molar-refractivity contribution in [1.29, 1.82) is 0 Å². The lowest BCUT2D eigenvalue weighted by atomic mass is 9.94. The van der Waals surface area contributed by atoms with E-state index in [4.69, 9.17) is 0 Å². The van der Waals surface area contributed by atoms with Gasteiger partial charge in [0.25, 0.3) is 11.8 Å². The number of fused-ring (bicyclic) bond motifs is 1. The SMILES string of the molecule is CCCN1C(=O)c2cc(C(=O)NCc3ccccc3)nn2C[C@@]1(C)C(=O)NC1CCCC1. The van der Waals surface area contributed by atoms with E-state index >= 15 is 0 Å². The summed E-state index contributed by atoms with van der Waals surface area (Å²) in [6, 6.07) is 11.3. The van der Waals surface area contributed by atoms with Gasteiger partial charge in [-0.25, -0.2) is 0 Å². The number of hydrogen-bond donors (Lipinski definition) is 2. The maximum Gasteiger partial charge on any atom is 0.273 e. The maximum absolute atomic E-state index is 13.3. The standard InChI is InChI=1S/C24H31N5O3/c1-3-13-28-22(31)20-14-19(21(30)25-15-17-9-5-4-6-10-17)27-29(20)16-24(28,2)23(32)26-18-11-7-8-12-18/h4-6,9-10,14,18H,3,7-8,11-13,15-16H2,1-2H3,(H,25,30)(H,26,32)/t24-/m0/s1. The summed E-state index contributed by atoms with van der Waals surface area (Å²) in [6.07, 6.45) is 4.91. The molecule has 2 aromatic rings. The summed E-state index contributed by atoms with van der Waals surface area (Å²) < 4.78 is 1.51. The fraction of sp³-hybridized carbons (Fsp3) is 0.500. The Kier molecular flexibility index (Phi) is 6.30. The fourth-order valence-corrected chi connectivity index (χ4v) is 4.61. The van der Waals surface area contributed by atoms with E-state index in [2.05, 4.69) is 15.7 Å². The zero-order valence-electron chi connectivity index (χ0n) is 18.8. The normalized spacial score (nSPS) is 20.8. The third-order valence-electron chi connectivity index (χ3n) is 6.45. The Balaban J connectivity index is 1.54. The molecular weight excluding hydrogens is 406 g/mol. The van der Waals surface area contributed by atoms with Gasteiger partial charge in [-0.05, 0) is 31.7 Å². The summed E-state index contributed by atoms with van der Waals surface area (Å²) in [5.74, 6) is -0.762. The van der Waals surface area contributed by atoms with Gasteiger partial charge in [0, 0.05) is 25.2 Å². The number of nitrogens with zero attached hydrogens (tertiary/aromatic N) is 3. The van der Waals surface area contributed by atoms with E-state index in [1.807, 2.05) is 37.3 Å². The highest BCUT2D eigenvalue weighted by molar-refractivity contribution is 6.01. The Hall–Kier alpha value is -3.16. The number of rotatable bonds is 7. The van der Waals surface area contributed by atoms with Crippen LogP contribution in [0, 0.1) is 0 Å². The molecule has 3 amide bonds. The molecule has 1 aliphatic heterocycles. The van der Waals surface area contributed by atoms with Crippen molar-refractivity contribution >= 4 is 17.7 Å². The fourth-order valence-electron chi connectivity index (χ4n) is 4.61. The van der Waals surface area contributed by atoms with Gasteiger partial charge in [-0.1, -0.05) is 50.1 Å². The number of benzene rings is 1. The molecule has 0 unspecified atom stereocenters. The maximum atomic E-state index is 13.3. The minimum Gasteiger partial charge on any atom is -0.351 e. The molecule has 1 fully saturated rings. The average Bonchev–Trinajstić information content (AvgIpc) is 3.45. The molecule has 1 atom stereocenters. The molecule has 2 N–H and O–H groups in total. The van der Waals surface area contributed by atoms with Crippen molar-refractivity contribution in [3.8, 4) is 0 Å². The number of amides is 3. The monoisotopic (exact) mass is 437 g/mol. The third kappa shape index (κ3) is 4.26. The lowest BCUT2D eigenvalue weighted by Gasteiger charge is -2.43. The van der Waals surface area contributed by atoms with Crippen LogP contribution in [0.3, 0.4) is 0 Å². The topological polar surface area (TPSA) is 96.3 Å². The molecule has 0 bridgehead atoms. The van der Waals surface area contributed by atoms with Crippen LogP contribution < -0.4 is 10.6 Å². The first-order valence-corrected chi connectivity index (χ1v) is 11.5. The van der Waals surface area contributed by atoms with Gasteiger partial charge in [-0.3, -0.25) is 19.1 Å². The quantitative estimate of drug-likeness (QED) is 0.696. The summed E-state index contributed by atoms with van der Waals surface area (Å²) in [7, 11) is 0.